The Morgan fingerprint density at radius 2 is 2.00 bits per heavy atom. The monoisotopic (exact) mass is 248 g/mol. The molecule has 1 atom stereocenters. The summed E-state index contributed by atoms with van der Waals surface area (Å²) < 4.78 is 2.37. The fraction of sp³-hybridized carbons (Fsp3) is 0.235. The standard InChI is InChI=1S/C17H16N2/c1-11-7-8-15-16(9-11)19-10-12(2)13-5-3-4-6-14(13)17(19)18-15/h3-9,12H,10H2,1-2H3. The van der Waals surface area contributed by atoms with Crippen molar-refractivity contribution < 1.29 is 0 Å². The van der Waals surface area contributed by atoms with Crippen LogP contribution in [0.1, 0.15) is 24.0 Å². The van der Waals surface area contributed by atoms with Gasteiger partial charge in [-0.25, -0.2) is 4.98 Å². The molecule has 94 valence electrons. The largest absolute Gasteiger partial charge is 0.323 e. The van der Waals surface area contributed by atoms with Crippen LogP contribution in [0.4, 0.5) is 0 Å². The highest BCUT2D eigenvalue weighted by Crippen LogP contribution is 2.37. The second-order valence-electron chi connectivity index (χ2n) is 5.53. The summed E-state index contributed by atoms with van der Waals surface area (Å²) in [5.74, 6) is 1.66. The molecule has 0 amide bonds. The second-order valence-corrected chi connectivity index (χ2v) is 5.53. The van der Waals surface area contributed by atoms with Crippen molar-refractivity contribution >= 4 is 11.0 Å². The molecule has 1 aliphatic heterocycles. The summed E-state index contributed by atoms with van der Waals surface area (Å²) in [5, 5.41) is 0. The van der Waals surface area contributed by atoms with E-state index in [2.05, 4.69) is 60.9 Å². The zero-order valence-electron chi connectivity index (χ0n) is 11.2. The third kappa shape index (κ3) is 1.46. The molecule has 0 spiro atoms. The van der Waals surface area contributed by atoms with Crippen molar-refractivity contribution in [2.24, 2.45) is 0 Å². The number of nitrogens with zero attached hydrogens (tertiary/aromatic N) is 2. The summed E-state index contributed by atoms with van der Waals surface area (Å²) in [6, 6.07) is 15.2. The van der Waals surface area contributed by atoms with Crippen LogP contribution in [0.3, 0.4) is 0 Å². The van der Waals surface area contributed by atoms with E-state index in [0.717, 1.165) is 17.9 Å². The molecular formula is C17H16N2. The number of benzene rings is 2. The maximum atomic E-state index is 4.83. The van der Waals surface area contributed by atoms with Crippen molar-refractivity contribution in [1.82, 2.24) is 9.55 Å². The van der Waals surface area contributed by atoms with E-state index < -0.39 is 0 Å². The number of aryl methyl sites for hydroxylation is 1. The summed E-state index contributed by atoms with van der Waals surface area (Å²) in [6.45, 7) is 5.45. The molecule has 2 heteroatoms. The quantitative estimate of drug-likeness (QED) is 0.585. The van der Waals surface area contributed by atoms with Crippen LogP contribution in [-0.2, 0) is 6.54 Å². The lowest BCUT2D eigenvalue weighted by molar-refractivity contribution is 0.598. The van der Waals surface area contributed by atoms with Crippen LogP contribution in [0.15, 0.2) is 42.5 Å². The molecule has 0 aliphatic carbocycles. The Kier molecular flexibility index (Phi) is 2.10. The molecule has 0 saturated carbocycles. The van der Waals surface area contributed by atoms with Crippen molar-refractivity contribution in [3.8, 4) is 11.4 Å². The van der Waals surface area contributed by atoms with Crippen LogP contribution >= 0.6 is 0 Å². The average Bonchev–Trinajstić information content (AvgIpc) is 2.78. The smallest absolute Gasteiger partial charge is 0.141 e. The molecule has 0 radical (unpaired) electrons. The first-order valence-corrected chi connectivity index (χ1v) is 6.80. The minimum absolute atomic E-state index is 0.543. The summed E-state index contributed by atoms with van der Waals surface area (Å²) in [5.41, 5.74) is 6.36. The highest BCUT2D eigenvalue weighted by Gasteiger charge is 2.24. The maximum absolute atomic E-state index is 4.83. The van der Waals surface area contributed by atoms with Crippen molar-refractivity contribution in [3.05, 3.63) is 53.6 Å². The van der Waals surface area contributed by atoms with Crippen molar-refractivity contribution in [2.45, 2.75) is 26.3 Å². The van der Waals surface area contributed by atoms with Crippen molar-refractivity contribution in [1.29, 1.82) is 0 Å². The summed E-state index contributed by atoms with van der Waals surface area (Å²) in [4.78, 5) is 4.83. The van der Waals surface area contributed by atoms with Crippen molar-refractivity contribution in [3.63, 3.8) is 0 Å². The van der Waals surface area contributed by atoms with E-state index in [4.69, 9.17) is 4.98 Å². The molecule has 1 aromatic heterocycles. The van der Waals surface area contributed by atoms with Gasteiger partial charge in [0.05, 0.1) is 11.0 Å². The number of rotatable bonds is 0. The van der Waals surface area contributed by atoms with Crippen LogP contribution in [0.5, 0.6) is 0 Å². The molecule has 2 aromatic carbocycles. The van der Waals surface area contributed by atoms with Crippen LogP contribution in [-0.4, -0.2) is 9.55 Å². The van der Waals surface area contributed by atoms with E-state index in [0.29, 0.717) is 5.92 Å². The van der Waals surface area contributed by atoms with E-state index in [9.17, 15) is 0 Å². The molecule has 0 N–H and O–H groups in total. The first kappa shape index (κ1) is 10.8. The van der Waals surface area contributed by atoms with E-state index in [1.54, 1.807) is 0 Å². The Balaban J connectivity index is 2.09. The number of hydrogen-bond donors (Lipinski definition) is 0. The van der Waals surface area contributed by atoms with Crippen molar-refractivity contribution in [2.75, 3.05) is 0 Å². The molecule has 1 aliphatic rings. The average molecular weight is 248 g/mol. The van der Waals surface area contributed by atoms with Gasteiger partial charge in [-0.2, -0.15) is 0 Å². The van der Waals surface area contributed by atoms with Gasteiger partial charge in [0.15, 0.2) is 0 Å². The van der Waals surface area contributed by atoms with Gasteiger partial charge in [0.25, 0.3) is 0 Å². The highest BCUT2D eigenvalue weighted by molar-refractivity contribution is 5.82. The predicted molar refractivity (Wildman–Crippen MR) is 78.3 cm³/mol. The third-order valence-corrected chi connectivity index (χ3v) is 4.09. The summed E-state index contributed by atoms with van der Waals surface area (Å²) in [7, 11) is 0. The Bertz CT molecular complexity index is 783. The molecule has 0 fully saturated rings. The summed E-state index contributed by atoms with van der Waals surface area (Å²) >= 11 is 0. The zero-order valence-corrected chi connectivity index (χ0v) is 11.2. The van der Waals surface area contributed by atoms with E-state index in [1.807, 2.05) is 0 Å². The lowest BCUT2D eigenvalue weighted by Gasteiger charge is -2.24. The minimum Gasteiger partial charge on any atom is -0.323 e. The van der Waals surface area contributed by atoms with Gasteiger partial charge in [-0.1, -0.05) is 37.3 Å². The topological polar surface area (TPSA) is 17.8 Å². The second kappa shape index (κ2) is 3.70. The first-order valence-electron chi connectivity index (χ1n) is 6.80. The highest BCUT2D eigenvalue weighted by atomic mass is 15.1. The fourth-order valence-electron chi connectivity index (χ4n) is 3.13. The molecule has 4 rings (SSSR count). The minimum atomic E-state index is 0.543. The lowest BCUT2D eigenvalue weighted by Crippen LogP contribution is -2.14. The Morgan fingerprint density at radius 1 is 1.16 bits per heavy atom. The van der Waals surface area contributed by atoms with Gasteiger partial charge in [-0.05, 0) is 36.1 Å². The number of fused-ring (bicyclic) bond motifs is 5. The van der Waals surface area contributed by atoms with E-state index in [-0.39, 0.29) is 0 Å². The molecule has 0 saturated heterocycles. The maximum Gasteiger partial charge on any atom is 0.141 e. The fourth-order valence-corrected chi connectivity index (χ4v) is 3.13. The molecule has 2 nitrogen and oxygen atoms in total. The van der Waals surface area contributed by atoms with Gasteiger partial charge < -0.3 is 4.57 Å². The van der Waals surface area contributed by atoms with Crippen LogP contribution in [0.25, 0.3) is 22.4 Å². The van der Waals surface area contributed by atoms with E-state index in [1.165, 1.54) is 22.2 Å². The SMILES string of the molecule is Cc1ccc2nc3n(c2c1)CC(C)c1ccccc1-3. The van der Waals surface area contributed by atoms with E-state index >= 15 is 0 Å². The molecule has 19 heavy (non-hydrogen) atoms. The number of hydrogen-bond acceptors (Lipinski definition) is 1. The Morgan fingerprint density at radius 3 is 2.89 bits per heavy atom. The Hall–Kier alpha value is -2.09. The number of aromatic nitrogens is 2. The van der Waals surface area contributed by atoms with Crippen LogP contribution in [0, 0.1) is 6.92 Å². The first-order chi connectivity index (χ1) is 9.24. The van der Waals surface area contributed by atoms with Gasteiger partial charge in [-0.3, -0.25) is 0 Å². The lowest BCUT2D eigenvalue weighted by atomic mass is 9.92. The third-order valence-electron chi connectivity index (χ3n) is 4.09. The van der Waals surface area contributed by atoms with Crippen LogP contribution in [0.2, 0.25) is 0 Å². The normalized spacial score (nSPS) is 17.3. The van der Waals surface area contributed by atoms with Gasteiger partial charge in [0.1, 0.15) is 5.82 Å². The number of imidazole rings is 1. The summed E-state index contributed by atoms with van der Waals surface area (Å²) in [6.07, 6.45) is 0. The van der Waals surface area contributed by atoms with Gasteiger partial charge in [0, 0.05) is 12.1 Å². The van der Waals surface area contributed by atoms with Gasteiger partial charge >= 0.3 is 0 Å². The molecular weight excluding hydrogens is 232 g/mol. The molecule has 2 heterocycles. The van der Waals surface area contributed by atoms with Gasteiger partial charge in [-0.15, -0.1) is 0 Å². The predicted octanol–water partition coefficient (Wildman–Crippen LogP) is 4.13. The van der Waals surface area contributed by atoms with Crippen LogP contribution < -0.4 is 0 Å². The molecule has 3 aromatic rings. The zero-order chi connectivity index (χ0) is 13.0. The molecule has 1 unspecified atom stereocenters. The van der Waals surface area contributed by atoms with Gasteiger partial charge in [0.2, 0.25) is 0 Å². The molecule has 0 bridgehead atoms. The Labute approximate surface area is 112 Å².